The minimum atomic E-state index is -0.422. The lowest BCUT2D eigenvalue weighted by Crippen LogP contribution is -2.31. The highest BCUT2D eigenvalue weighted by Crippen LogP contribution is 2.22. The van der Waals surface area contributed by atoms with E-state index in [4.69, 9.17) is 4.42 Å². The number of rotatable bonds is 7. The van der Waals surface area contributed by atoms with Crippen LogP contribution in [0.3, 0.4) is 0 Å². The van der Waals surface area contributed by atoms with E-state index >= 15 is 0 Å². The molecule has 0 aliphatic carbocycles. The first kappa shape index (κ1) is 18.0. The van der Waals surface area contributed by atoms with Gasteiger partial charge in [0.05, 0.1) is 29.0 Å². The average molecular weight is 369 g/mol. The summed E-state index contributed by atoms with van der Waals surface area (Å²) in [7, 11) is 0. The number of furan rings is 1. The molecule has 0 aliphatic rings. The maximum atomic E-state index is 12.7. The van der Waals surface area contributed by atoms with Crippen LogP contribution in [-0.4, -0.2) is 20.7 Å². The van der Waals surface area contributed by atoms with Crippen molar-refractivity contribution >= 4 is 28.6 Å². The van der Waals surface area contributed by atoms with Gasteiger partial charge < -0.3 is 9.73 Å². The van der Waals surface area contributed by atoms with Crippen molar-refractivity contribution in [3.63, 3.8) is 0 Å². The molecule has 0 spiro atoms. The molecule has 7 heteroatoms. The van der Waals surface area contributed by atoms with E-state index in [0.717, 1.165) is 0 Å². The molecule has 3 rings (SSSR count). The summed E-state index contributed by atoms with van der Waals surface area (Å²) in [6.45, 7) is 6.14. The highest BCUT2D eigenvalue weighted by atomic mass is 32.2. The number of thioether (sulfide) groups is 1. The van der Waals surface area contributed by atoms with Crippen LogP contribution < -0.4 is 10.9 Å². The number of allylic oxidation sites excluding steroid dienone is 1. The second-order valence-electron chi connectivity index (χ2n) is 5.67. The van der Waals surface area contributed by atoms with E-state index in [9.17, 15) is 9.59 Å². The van der Waals surface area contributed by atoms with Crippen LogP contribution in [0, 0.1) is 0 Å². The molecule has 2 aromatic heterocycles. The summed E-state index contributed by atoms with van der Waals surface area (Å²) in [4.78, 5) is 29.6. The number of aromatic nitrogens is 2. The SMILES string of the molecule is C=CCn1c(S[C@@H](C)C(=O)NCc2ccco2)nc2ccccc2c1=O. The Morgan fingerprint density at radius 1 is 1.38 bits per heavy atom. The fourth-order valence-corrected chi connectivity index (χ4v) is 3.41. The Labute approximate surface area is 154 Å². The van der Waals surface area contributed by atoms with E-state index in [1.807, 2.05) is 6.07 Å². The van der Waals surface area contributed by atoms with Gasteiger partial charge in [0.2, 0.25) is 5.91 Å². The van der Waals surface area contributed by atoms with Gasteiger partial charge in [-0.3, -0.25) is 14.2 Å². The van der Waals surface area contributed by atoms with E-state index < -0.39 is 5.25 Å². The quantitative estimate of drug-likeness (QED) is 0.394. The van der Waals surface area contributed by atoms with Gasteiger partial charge in [-0.1, -0.05) is 30.0 Å². The van der Waals surface area contributed by atoms with E-state index in [2.05, 4.69) is 16.9 Å². The van der Waals surface area contributed by atoms with E-state index in [0.29, 0.717) is 34.9 Å². The van der Waals surface area contributed by atoms with Crippen molar-refractivity contribution in [1.29, 1.82) is 0 Å². The molecule has 134 valence electrons. The largest absolute Gasteiger partial charge is 0.467 e. The Balaban J connectivity index is 1.82. The van der Waals surface area contributed by atoms with Gasteiger partial charge in [0.25, 0.3) is 5.56 Å². The predicted molar refractivity (Wildman–Crippen MR) is 102 cm³/mol. The number of hydrogen-bond donors (Lipinski definition) is 1. The maximum absolute atomic E-state index is 12.7. The van der Waals surface area contributed by atoms with Crippen molar-refractivity contribution in [3.05, 3.63) is 71.4 Å². The normalized spacial score (nSPS) is 12.0. The molecule has 3 aromatic rings. The van der Waals surface area contributed by atoms with Gasteiger partial charge in [0.1, 0.15) is 5.76 Å². The van der Waals surface area contributed by atoms with E-state index in [1.54, 1.807) is 49.6 Å². The third-order valence-electron chi connectivity index (χ3n) is 3.81. The lowest BCUT2D eigenvalue weighted by molar-refractivity contribution is -0.120. The van der Waals surface area contributed by atoms with E-state index in [-0.39, 0.29) is 11.5 Å². The number of benzene rings is 1. The van der Waals surface area contributed by atoms with Crippen molar-refractivity contribution in [2.75, 3.05) is 0 Å². The number of nitrogens with one attached hydrogen (secondary N) is 1. The molecule has 1 atom stereocenters. The molecular weight excluding hydrogens is 350 g/mol. The smallest absolute Gasteiger partial charge is 0.262 e. The van der Waals surface area contributed by atoms with Crippen LogP contribution in [0.25, 0.3) is 10.9 Å². The maximum Gasteiger partial charge on any atom is 0.262 e. The van der Waals surface area contributed by atoms with Gasteiger partial charge in [-0.15, -0.1) is 6.58 Å². The van der Waals surface area contributed by atoms with Crippen molar-refractivity contribution in [2.24, 2.45) is 0 Å². The first-order valence-electron chi connectivity index (χ1n) is 8.17. The van der Waals surface area contributed by atoms with Crippen LogP contribution in [0.2, 0.25) is 0 Å². The molecule has 1 N–H and O–H groups in total. The van der Waals surface area contributed by atoms with Gasteiger partial charge >= 0.3 is 0 Å². The monoisotopic (exact) mass is 369 g/mol. The Morgan fingerprint density at radius 3 is 2.92 bits per heavy atom. The lowest BCUT2D eigenvalue weighted by Gasteiger charge is -2.15. The van der Waals surface area contributed by atoms with Crippen molar-refractivity contribution in [1.82, 2.24) is 14.9 Å². The van der Waals surface area contributed by atoms with Crippen LogP contribution >= 0.6 is 11.8 Å². The van der Waals surface area contributed by atoms with Crippen LogP contribution in [0.5, 0.6) is 0 Å². The number of carbonyl (C=O) groups is 1. The summed E-state index contributed by atoms with van der Waals surface area (Å²) < 4.78 is 6.74. The first-order valence-corrected chi connectivity index (χ1v) is 9.05. The summed E-state index contributed by atoms with van der Waals surface area (Å²) >= 11 is 1.25. The van der Waals surface area contributed by atoms with Gasteiger partial charge in [0.15, 0.2) is 5.16 Å². The van der Waals surface area contributed by atoms with Crippen LogP contribution in [0.4, 0.5) is 0 Å². The highest BCUT2D eigenvalue weighted by Gasteiger charge is 2.19. The second-order valence-corrected chi connectivity index (χ2v) is 6.98. The molecule has 0 unspecified atom stereocenters. The zero-order valence-electron chi connectivity index (χ0n) is 14.3. The number of hydrogen-bond acceptors (Lipinski definition) is 5. The zero-order valence-corrected chi connectivity index (χ0v) is 15.2. The minimum absolute atomic E-state index is 0.138. The summed E-state index contributed by atoms with van der Waals surface area (Å²) in [5, 5.41) is 3.44. The molecule has 0 bridgehead atoms. The second kappa shape index (κ2) is 8.05. The van der Waals surface area contributed by atoms with Gasteiger partial charge in [-0.2, -0.15) is 0 Å². The molecule has 0 aliphatic heterocycles. The molecule has 6 nitrogen and oxygen atoms in total. The van der Waals surface area contributed by atoms with Gasteiger partial charge in [-0.05, 0) is 31.2 Å². The molecule has 1 aromatic carbocycles. The van der Waals surface area contributed by atoms with Crippen molar-refractivity contribution < 1.29 is 9.21 Å². The third-order valence-corrected chi connectivity index (χ3v) is 4.90. The van der Waals surface area contributed by atoms with Crippen LogP contribution in [0.15, 0.2) is 69.7 Å². The minimum Gasteiger partial charge on any atom is -0.467 e. The molecule has 2 heterocycles. The molecular formula is C19H19N3O3S. The molecule has 0 radical (unpaired) electrons. The number of carbonyl (C=O) groups excluding carboxylic acids is 1. The summed E-state index contributed by atoms with van der Waals surface area (Å²) in [6.07, 6.45) is 3.20. The Kier molecular flexibility index (Phi) is 5.58. The van der Waals surface area contributed by atoms with Gasteiger partial charge in [-0.25, -0.2) is 4.98 Å². The Bertz CT molecular complexity index is 979. The fraction of sp³-hybridized carbons (Fsp3) is 0.211. The number of amides is 1. The Hall–Kier alpha value is -2.80. The lowest BCUT2D eigenvalue weighted by atomic mass is 10.2. The number of fused-ring (bicyclic) bond motifs is 1. The zero-order chi connectivity index (χ0) is 18.5. The van der Waals surface area contributed by atoms with Crippen LogP contribution in [-0.2, 0) is 17.9 Å². The summed E-state index contributed by atoms with van der Waals surface area (Å²) in [6, 6.07) is 10.7. The summed E-state index contributed by atoms with van der Waals surface area (Å²) in [5.41, 5.74) is 0.477. The van der Waals surface area contributed by atoms with Crippen molar-refractivity contribution in [2.45, 2.75) is 30.4 Å². The number of para-hydroxylation sites is 1. The molecule has 26 heavy (non-hydrogen) atoms. The average Bonchev–Trinajstić information content (AvgIpc) is 3.16. The predicted octanol–water partition coefficient (Wildman–Crippen LogP) is 2.97. The topological polar surface area (TPSA) is 77.1 Å². The standard InChI is InChI=1S/C19H19N3O3S/c1-3-10-22-18(24)15-8-4-5-9-16(15)21-19(22)26-13(2)17(23)20-12-14-7-6-11-25-14/h3-9,11,13H,1,10,12H2,2H3,(H,20,23)/t13-/m0/s1. The highest BCUT2D eigenvalue weighted by molar-refractivity contribution is 8.00. The van der Waals surface area contributed by atoms with Crippen LogP contribution in [0.1, 0.15) is 12.7 Å². The van der Waals surface area contributed by atoms with Crippen molar-refractivity contribution in [3.8, 4) is 0 Å². The number of nitrogens with zero attached hydrogens (tertiary/aromatic N) is 2. The third kappa shape index (κ3) is 3.88. The molecule has 0 fully saturated rings. The molecule has 0 saturated heterocycles. The molecule has 1 amide bonds. The molecule has 0 saturated carbocycles. The fourth-order valence-electron chi connectivity index (χ4n) is 2.47. The van der Waals surface area contributed by atoms with Gasteiger partial charge in [0, 0.05) is 6.54 Å². The Morgan fingerprint density at radius 2 is 2.19 bits per heavy atom. The van der Waals surface area contributed by atoms with E-state index in [1.165, 1.54) is 16.3 Å². The summed E-state index contributed by atoms with van der Waals surface area (Å²) in [5.74, 6) is 0.530. The first-order chi connectivity index (χ1) is 12.6.